The van der Waals surface area contributed by atoms with Crippen molar-refractivity contribution in [2.45, 2.75) is 39.5 Å². The molecule has 2 N–H and O–H groups in total. The Morgan fingerprint density at radius 3 is 2.18 bits per heavy atom. The minimum Gasteiger partial charge on any atom is -0.397 e. The van der Waals surface area contributed by atoms with Gasteiger partial charge in [-0.15, -0.1) is 0 Å². The zero-order chi connectivity index (χ0) is 12.7. The second-order valence-corrected chi connectivity index (χ2v) is 4.81. The van der Waals surface area contributed by atoms with Crippen molar-refractivity contribution in [3.63, 3.8) is 0 Å². The standard InChI is InChI=1S/C14H23ClN2/c1-3-5-9-17(10-6-4-2)12-7-8-13(15)14(16)11-12/h7-8,11H,3-6,9-10,16H2,1-2H3. The van der Waals surface area contributed by atoms with Gasteiger partial charge in [-0.2, -0.15) is 0 Å². The lowest BCUT2D eigenvalue weighted by Crippen LogP contribution is -2.25. The van der Waals surface area contributed by atoms with Gasteiger partial charge >= 0.3 is 0 Å². The number of halogens is 1. The van der Waals surface area contributed by atoms with Gasteiger partial charge in [-0.1, -0.05) is 38.3 Å². The summed E-state index contributed by atoms with van der Waals surface area (Å²) in [4.78, 5) is 2.40. The van der Waals surface area contributed by atoms with Gasteiger partial charge in [0.1, 0.15) is 0 Å². The average Bonchev–Trinajstić information content (AvgIpc) is 2.33. The predicted octanol–water partition coefficient (Wildman–Crippen LogP) is 4.33. The molecule has 0 aliphatic heterocycles. The van der Waals surface area contributed by atoms with Crippen LogP contribution >= 0.6 is 11.6 Å². The van der Waals surface area contributed by atoms with E-state index >= 15 is 0 Å². The summed E-state index contributed by atoms with van der Waals surface area (Å²) < 4.78 is 0. The maximum atomic E-state index is 5.95. The van der Waals surface area contributed by atoms with Gasteiger partial charge in [0.2, 0.25) is 0 Å². The first kappa shape index (κ1) is 14.2. The fourth-order valence-electron chi connectivity index (χ4n) is 1.80. The van der Waals surface area contributed by atoms with Crippen LogP contribution in [0, 0.1) is 0 Å². The van der Waals surface area contributed by atoms with Gasteiger partial charge in [0.25, 0.3) is 0 Å². The topological polar surface area (TPSA) is 29.3 Å². The minimum atomic E-state index is 0.639. The van der Waals surface area contributed by atoms with Crippen molar-refractivity contribution < 1.29 is 0 Å². The summed E-state index contributed by atoms with van der Waals surface area (Å²) in [5, 5.41) is 0.639. The number of nitrogens with zero attached hydrogens (tertiary/aromatic N) is 1. The summed E-state index contributed by atoms with van der Waals surface area (Å²) in [7, 11) is 0. The highest BCUT2D eigenvalue weighted by Gasteiger charge is 2.07. The van der Waals surface area contributed by atoms with Crippen LogP contribution in [0.1, 0.15) is 39.5 Å². The van der Waals surface area contributed by atoms with Gasteiger partial charge < -0.3 is 10.6 Å². The third kappa shape index (κ3) is 4.47. The molecule has 0 aliphatic rings. The number of benzene rings is 1. The molecule has 0 spiro atoms. The highest BCUT2D eigenvalue weighted by atomic mass is 35.5. The van der Waals surface area contributed by atoms with E-state index < -0.39 is 0 Å². The number of nitrogen functional groups attached to an aromatic ring is 1. The predicted molar refractivity (Wildman–Crippen MR) is 77.9 cm³/mol. The van der Waals surface area contributed by atoms with Crippen LogP contribution in [0.2, 0.25) is 5.02 Å². The third-order valence-electron chi connectivity index (χ3n) is 2.91. The lowest BCUT2D eigenvalue weighted by atomic mass is 10.2. The first-order valence-corrected chi connectivity index (χ1v) is 6.86. The van der Waals surface area contributed by atoms with Gasteiger partial charge in [-0.3, -0.25) is 0 Å². The number of anilines is 2. The van der Waals surface area contributed by atoms with Gasteiger partial charge in [0.05, 0.1) is 10.7 Å². The molecule has 0 bridgehead atoms. The Morgan fingerprint density at radius 2 is 1.71 bits per heavy atom. The number of nitrogens with two attached hydrogens (primary N) is 1. The van der Waals surface area contributed by atoms with E-state index in [1.165, 1.54) is 31.4 Å². The maximum absolute atomic E-state index is 5.95. The van der Waals surface area contributed by atoms with E-state index in [1.54, 1.807) is 0 Å². The molecule has 0 atom stereocenters. The highest BCUT2D eigenvalue weighted by molar-refractivity contribution is 6.33. The molecule has 1 aromatic carbocycles. The van der Waals surface area contributed by atoms with Crippen molar-refractivity contribution in [2.24, 2.45) is 0 Å². The van der Waals surface area contributed by atoms with Crippen LogP contribution in [0.4, 0.5) is 11.4 Å². The average molecular weight is 255 g/mol. The molecule has 2 nitrogen and oxygen atoms in total. The van der Waals surface area contributed by atoms with E-state index in [0.717, 1.165) is 13.1 Å². The normalized spacial score (nSPS) is 10.5. The second kappa shape index (κ2) is 7.44. The van der Waals surface area contributed by atoms with Crippen LogP contribution in [0.25, 0.3) is 0 Å². The van der Waals surface area contributed by atoms with Gasteiger partial charge in [0.15, 0.2) is 0 Å². The summed E-state index contributed by atoms with van der Waals surface area (Å²) in [6, 6.07) is 5.93. The van der Waals surface area contributed by atoms with Crippen LogP contribution in [0.15, 0.2) is 18.2 Å². The van der Waals surface area contributed by atoms with Gasteiger partial charge in [0, 0.05) is 18.8 Å². The minimum absolute atomic E-state index is 0.639. The molecule has 96 valence electrons. The number of hydrogen-bond acceptors (Lipinski definition) is 2. The van der Waals surface area contributed by atoms with Gasteiger partial charge in [-0.25, -0.2) is 0 Å². The zero-order valence-electron chi connectivity index (χ0n) is 10.9. The van der Waals surface area contributed by atoms with Crippen LogP contribution in [-0.4, -0.2) is 13.1 Å². The van der Waals surface area contributed by atoms with Crippen molar-refractivity contribution in [2.75, 3.05) is 23.7 Å². The molecule has 17 heavy (non-hydrogen) atoms. The molecular formula is C14H23ClN2. The molecule has 0 radical (unpaired) electrons. The van der Waals surface area contributed by atoms with Crippen LogP contribution < -0.4 is 10.6 Å². The molecule has 0 saturated heterocycles. The Balaban J connectivity index is 2.75. The first-order chi connectivity index (χ1) is 8.19. The number of hydrogen-bond donors (Lipinski definition) is 1. The SMILES string of the molecule is CCCCN(CCCC)c1ccc(Cl)c(N)c1. The smallest absolute Gasteiger partial charge is 0.0636 e. The Hall–Kier alpha value is -0.890. The van der Waals surface area contributed by atoms with Crippen molar-refractivity contribution in [1.29, 1.82) is 0 Å². The molecule has 0 aromatic heterocycles. The molecule has 1 rings (SSSR count). The fraction of sp³-hybridized carbons (Fsp3) is 0.571. The number of unbranched alkanes of at least 4 members (excludes halogenated alkanes) is 2. The van der Waals surface area contributed by atoms with Crippen LogP contribution in [-0.2, 0) is 0 Å². The molecule has 0 saturated carbocycles. The molecular weight excluding hydrogens is 232 g/mol. The molecule has 0 heterocycles. The van der Waals surface area contributed by atoms with E-state index in [9.17, 15) is 0 Å². The summed E-state index contributed by atoms with van der Waals surface area (Å²) in [5.74, 6) is 0. The number of rotatable bonds is 7. The lowest BCUT2D eigenvalue weighted by Gasteiger charge is -2.25. The Morgan fingerprint density at radius 1 is 1.12 bits per heavy atom. The van der Waals surface area contributed by atoms with Crippen molar-refractivity contribution in [3.8, 4) is 0 Å². The zero-order valence-corrected chi connectivity index (χ0v) is 11.6. The summed E-state index contributed by atoms with van der Waals surface area (Å²) >= 11 is 5.95. The lowest BCUT2D eigenvalue weighted by molar-refractivity contribution is 0.678. The van der Waals surface area contributed by atoms with Crippen LogP contribution in [0.3, 0.4) is 0 Å². The Labute approximate surface area is 110 Å². The van der Waals surface area contributed by atoms with E-state index in [1.807, 2.05) is 12.1 Å². The van der Waals surface area contributed by atoms with E-state index in [2.05, 4.69) is 24.8 Å². The van der Waals surface area contributed by atoms with Crippen molar-refractivity contribution in [1.82, 2.24) is 0 Å². The first-order valence-electron chi connectivity index (χ1n) is 6.49. The quantitative estimate of drug-likeness (QED) is 0.734. The fourth-order valence-corrected chi connectivity index (χ4v) is 1.91. The van der Waals surface area contributed by atoms with Crippen molar-refractivity contribution in [3.05, 3.63) is 23.2 Å². The van der Waals surface area contributed by atoms with E-state index in [-0.39, 0.29) is 0 Å². The monoisotopic (exact) mass is 254 g/mol. The van der Waals surface area contributed by atoms with E-state index in [4.69, 9.17) is 17.3 Å². The molecule has 1 aromatic rings. The summed E-state index contributed by atoms with van der Waals surface area (Å²) in [6.07, 6.45) is 4.86. The molecule has 0 unspecified atom stereocenters. The summed E-state index contributed by atoms with van der Waals surface area (Å²) in [5.41, 5.74) is 7.71. The Kier molecular flexibility index (Phi) is 6.20. The molecule has 3 heteroatoms. The van der Waals surface area contributed by atoms with E-state index in [0.29, 0.717) is 10.7 Å². The third-order valence-corrected chi connectivity index (χ3v) is 3.25. The van der Waals surface area contributed by atoms with Crippen LogP contribution in [0.5, 0.6) is 0 Å². The van der Waals surface area contributed by atoms with Crippen molar-refractivity contribution >= 4 is 23.0 Å². The summed E-state index contributed by atoms with van der Waals surface area (Å²) in [6.45, 7) is 6.62. The Bertz CT molecular complexity index is 331. The molecule has 0 fully saturated rings. The molecule has 0 amide bonds. The maximum Gasteiger partial charge on any atom is 0.0636 e. The molecule has 0 aliphatic carbocycles. The van der Waals surface area contributed by atoms with Gasteiger partial charge in [-0.05, 0) is 31.0 Å². The highest BCUT2D eigenvalue weighted by Crippen LogP contribution is 2.25. The largest absolute Gasteiger partial charge is 0.397 e. The second-order valence-electron chi connectivity index (χ2n) is 4.40.